The number of likely N-dealkylation sites (N-methyl/N-ethyl adjacent to an activating group) is 1. The van der Waals surface area contributed by atoms with Gasteiger partial charge in [0.2, 0.25) is 5.91 Å². The summed E-state index contributed by atoms with van der Waals surface area (Å²) < 4.78 is 5.55. The Balaban J connectivity index is 1.82. The molecule has 0 aromatic heterocycles. The zero-order valence-corrected chi connectivity index (χ0v) is 10.6. The lowest BCUT2D eigenvalue weighted by atomic mass is 10.1. The van der Waals surface area contributed by atoms with Crippen molar-refractivity contribution in [2.45, 2.75) is 18.9 Å². The highest BCUT2D eigenvalue weighted by Gasteiger charge is 2.54. The molecule has 0 aromatic rings. The molecule has 1 heterocycles. The van der Waals surface area contributed by atoms with Crippen molar-refractivity contribution in [3.63, 3.8) is 0 Å². The first-order chi connectivity index (χ1) is 8.58. The van der Waals surface area contributed by atoms with Gasteiger partial charge in [-0.25, -0.2) is 0 Å². The molecule has 0 radical (unpaired) electrons. The molecule has 4 N–H and O–H groups in total. The highest BCUT2D eigenvalue weighted by molar-refractivity contribution is 6.09. The van der Waals surface area contributed by atoms with E-state index in [-0.39, 0.29) is 17.8 Å². The van der Waals surface area contributed by atoms with Crippen LogP contribution >= 0.6 is 0 Å². The summed E-state index contributed by atoms with van der Waals surface area (Å²) in [7, 11) is 2.02. The number of hydrogen-bond acceptors (Lipinski definition) is 5. The van der Waals surface area contributed by atoms with Crippen molar-refractivity contribution < 1.29 is 14.7 Å². The number of nitrogens with one attached hydrogen (secondary N) is 1. The van der Waals surface area contributed by atoms with Gasteiger partial charge in [0.25, 0.3) is 0 Å². The van der Waals surface area contributed by atoms with Gasteiger partial charge >= 0.3 is 0 Å². The number of amidine groups is 1. The third-order valence-electron chi connectivity index (χ3n) is 3.61. The Bertz CT molecular complexity index is 354. The van der Waals surface area contributed by atoms with Gasteiger partial charge in [0.15, 0.2) is 5.84 Å². The molecular weight excluding hydrogens is 236 g/mol. The molecule has 1 amide bonds. The number of carbonyl (C=O) groups excluding carboxylic acids is 1. The number of nitrogens with two attached hydrogens (primary N) is 1. The molecule has 2 fully saturated rings. The molecule has 0 bridgehead atoms. The lowest BCUT2D eigenvalue weighted by Crippen LogP contribution is -2.48. The van der Waals surface area contributed by atoms with Crippen molar-refractivity contribution in [1.29, 1.82) is 0 Å². The Labute approximate surface area is 106 Å². The summed E-state index contributed by atoms with van der Waals surface area (Å²) >= 11 is 0. The first-order valence-electron chi connectivity index (χ1n) is 6.15. The Kier molecular flexibility index (Phi) is 3.72. The van der Waals surface area contributed by atoms with E-state index in [2.05, 4.69) is 15.4 Å². The fourth-order valence-corrected chi connectivity index (χ4v) is 2.19. The molecule has 1 unspecified atom stereocenters. The van der Waals surface area contributed by atoms with E-state index in [0.29, 0.717) is 26.0 Å². The summed E-state index contributed by atoms with van der Waals surface area (Å²) in [4.78, 5) is 14.2. The normalized spacial score (nSPS) is 27.8. The van der Waals surface area contributed by atoms with E-state index in [1.165, 1.54) is 0 Å². The van der Waals surface area contributed by atoms with Gasteiger partial charge in [0, 0.05) is 19.6 Å². The lowest BCUT2D eigenvalue weighted by molar-refractivity contribution is -0.125. The van der Waals surface area contributed by atoms with E-state index in [9.17, 15) is 4.79 Å². The molecule has 1 aliphatic carbocycles. The van der Waals surface area contributed by atoms with Gasteiger partial charge in [0.05, 0.1) is 12.7 Å². The second-order valence-corrected chi connectivity index (χ2v) is 5.03. The van der Waals surface area contributed by atoms with Gasteiger partial charge in [0.1, 0.15) is 5.41 Å². The molecule has 102 valence electrons. The highest BCUT2D eigenvalue weighted by atomic mass is 16.5. The number of nitrogens with zero attached hydrogens (tertiary/aromatic N) is 2. The van der Waals surface area contributed by atoms with E-state index in [0.717, 1.165) is 13.1 Å². The van der Waals surface area contributed by atoms with Crippen LogP contribution < -0.4 is 11.1 Å². The Morgan fingerprint density at radius 2 is 2.39 bits per heavy atom. The quantitative estimate of drug-likeness (QED) is 0.258. The zero-order valence-electron chi connectivity index (χ0n) is 10.6. The average molecular weight is 256 g/mol. The predicted molar refractivity (Wildman–Crippen MR) is 65.3 cm³/mol. The summed E-state index contributed by atoms with van der Waals surface area (Å²) in [6.45, 7) is 2.86. The van der Waals surface area contributed by atoms with Crippen LogP contribution in [-0.2, 0) is 9.53 Å². The summed E-state index contributed by atoms with van der Waals surface area (Å²) in [5.41, 5.74) is 4.76. The van der Waals surface area contributed by atoms with Crippen molar-refractivity contribution in [3.8, 4) is 0 Å². The first kappa shape index (κ1) is 13.1. The van der Waals surface area contributed by atoms with Crippen LogP contribution in [0.4, 0.5) is 0 Å². The van der Waals surface area contributed by atoms with Gasteiger partial charge in [-0.05, 0) is 19.9 Å². The number of carbonyl (C=O) groups is 1. The third-order valence-corrected chi connectivity index (χ3v) is 3.61. The van der Waals surface area contributed by atoms with Crippen molar-refractivity contribution in [1.82, 2.24) is 10.2 Å². The standard InChI is InChI=1S/C11H20N4O3/c1-15-4-5-18-8(7-15)6-13-10(16)11(2-3-11)9(12)14-17/h8,17H,2-7H2,1H3,(H2,12,14)(H,13,16). The van der Waals surface area contributed by atoms with E-state index in [4.69, 9.17) is 15.7 Å². The van der Waals surface area contributed by atoms with Crippen molar-refractivity contribution in [2.75, 3.05) is 33.3 Å². The largest absolute Gasteiger partial charge is 0.409 e. The van der Waals surface area contributed by atoms with Crippen LogP contribution in [0.1, 0.15) is 12.8 Å². The Hall–Kier alpha value is -1.34. The maximum atomic E-state index is 12.0. The van der Waals surface area contributed by atoms with Crippen molar-refractivity contribution in [2.24, 2.45) is 16.3 Å². The number of morpholine rings is 1. The Morgan fingerprint density at radius 1 is 1.67 bits per heavy atom. The predicted octanol–water partition coefficient (Wildman–Crippen LogP) is -1.04. The smallest absolute Gasteiger partial charge is 0.234 e. The van der Waals surface area contributed by atoms with Crippen LogP contribution in [0.5, 0.6) is 0 Å². The minimum atomic E-state index is -0.782. The number of hydrogen-bond donors (Lipinski definition) is 3. The molecule has 2 rings (SSSR count). The van der Waals surface area contributed by atoms with E-state index in [1.54, 1.807) is 0 Å². The first-order valence-corrected chi connectivity index (χ1v) is 6.15. The van der Waals surface area contributed by atoms with Crippen LogP contribution in [0.15, 0.2) is 5.16 Å². The summed E-state index contributed by atoms with van der Waals surface area (Å²) in [6.07, 6.45) is 1.29. The molecule has 1 saturated heterocycles. The van der Waals surface area contributed by atoms with Crippen molar-refractivity contribution >= 4 is 11.7 Å². The maximum absolute atomic E-state index is 12.0. The topological polar surface area (TPSA) is 100 Å². The molecule has 0 spiro atoms. The monoisotopic (exact) mass is 256 g/mol. The van der Waals surface area contributed by atoms with Gasteiger partial charge in [-0.2, -0.15) is 0 Å². The summed E-state index contributed by atoms with van der Waals surface area (Å²) in [5.74, 6) is -0.170. The molecule has 0 aromatic carbocycles. The van der Waals surface area contributed by atoms with Crippen LogP contribution in [0.25, 0.3) is 0 Å². The van der Waals surface area contributed by atoms with Crippen LogP contribution in [0.3, 0.4) is 0 Å². The van der Waals surface area contributed by atoms with Crippen LogP contribution in [0, 0.1) is 5.41 Å². The number of oxime groups is 1. The van der Waals surface area contributed by atoms with Crippen LogP contribution in [0.2, 0.25) is 0 Å². The second-order valence-electron chi connectivity index (χ2n) is 5.03. The lowest BCUT2D eigenvalue weighted by Gasteiger charge is -2.30. The van der Waals surface area contributed by atoms with Gasteiger partial charge in [-0.1, -0.05) is 5.16 Å². The molecule has 1 saturated carbocycles. The molecule has 1 atom stereocenters. The third kappa shape index (κ3) is 2.56. The molecule has 7 heteroatoms. The fourth-order valence-electron chi connectivity index (χ4n) is 2.19. The summed E-state index contributed by atoms with van der Waals surface area (Å²) in [5, 5.41) is 14.4. The van der Waals surface area contributed by atoms with Gasteiger partial charge < -0.3 is 25.9 Å². The van der Waals surface area contributed by atoms with E-state index < -0.39 is 5.41 Å². The van der Waals surface area contributed by atoms with Gasteiger partial charge in [-0.3, -0.25) is 4.79 Å². The maximum Gasteiger partial charge on any atom is 0.234 e. The minimum Gasteiger partial charge on any atom is -0.409 e. The van der Waals surface area contributed by atoms with E-state index in [1.807, 2.05) is 7.05 Å². The highest BCUT2D eigenvalue weighted by Crippen LogP contribution is 2.45. The van der Waals surface area contributed by atoms with Crippen LogP contribution in [-0.4, -0.2) is 61.2 Å². The molecule has 1 aliphatic heterocycles. The molecule has 2 aliphatic rings. The number of ether oxygens (including phenoxy) is 1. The van der Waals surface area contributed by atoms with E-state index >= 15 is 0 Å². The van der Waals surface area contributed by atoms with Crippen molar-refractivity contribution in [3.05, 3.63) is 0 Å². The fraction of sp³-hybridized carbons (Fsp3) is 0.818. The molecular formula is C11H20N4O3. The average Bonchev–Trinajstić information content (AvgIpc) is 3.16. The summed E-state index contributed by atoms with van der Waals surface area (Å²) in [6, 6.07) is 0. The second kappa shape index (κ2) is 5.11. The number of amides is 1. The zero-order chi connectivity index (χ0) is 13.2. The number of rotatable bonds is 4. The SMILES string of the molecule is CN1CCOC(CNC(=O)C2(C(N)=NO)CC2)C1. The van der Waals surface area contributed by atoms with Gasteiger partial charge in [-0.15, -0.1) is 0 Å². The minimum absolute atomic E-state index is 0.00156. The Morgan fingerprint density at radius 3 is 2.94 bits per heavy atom. The molecule has 18 heavy (non-hydrogen) atoms. The molecule has 7 nitrogen and oxygen atoms in total.